The molecule has 3 heteroatoms. The maximum Gasteiger partial charge on any atom is 0.258 e. The molecule has 0 saturated heterocycles. The summed E-state index contributed by atoms with van der Waals surface area (Å²) in [6, 6.07) is 14.7. The minimum atomic E-state index is 0.102. The van der Waals surface area contributed by atoms with Crippen LogP contribution in [-0.4, -0.2) is 25.0 Å². The van der Waals surface area contributed by atoms with Gasteiger partial charge in [0.2, 0.25) is 0 Å². The van der Waals surface area contributed by atoms with Crippen molar-refractivity contribution in [1.82, 2.24) is 0 Å². The lowest BCUT2D eigenvalue weighted by molar-refractivity contribution is -0.112. The summed E-state index contributed by atoms with van der Waals surface area (Å²) in [4.78, 5) is 17.1. The fraction of sp³-hybridized carbons (Fsp3) is 0.348. The molecule has 2 aromatic carbocycles. The van der Waals surface area contributed by atoms with Crippen LogP contribution in [0.15, 0.2) is 42.5 Å². The van der Waals surface area contributed by atoms with Gasteiger partial charge in [-0.25, -0.2) is 0 Å². The number of hydrogen-bond donors (Lipinski definition) is 0. The molecule has 0 fully saturated rings. The first kappa shape index (κ1) is 16.9. The molecule has 4 rings (SSSR count). The number of fused-ring (bicyclic) bond motifs is 2. The first-order chi connectivity index (χ1) is 12.4. The largest absolute Gasteiger partial charge is 0.369 e. The maximum atomic E-state index is 12.9. The standard InChI is InChI=1S/C23H26N2O/c1-5-25-21-9-7-6-8-18(21)19(22(25)26)15-16-10-11-20-17(14-16)12-13-23(2,3)24(20)4/h6-11,14-15H,5,12-13H2,1-4H3. The molecule has 1 amide bonds. The molecule has 0 aliphatic carbocycles. The maximum absolute atomic E-state index is 12.9. The molecule has 2 aromatic rings. The van der Waals surface area contributed by atoms with Crippen molar-refractivity contribution in [3.05, 3.63) is 59.2 Å². The Balaban J connectivity index is 1.75. The van der Waals surface area contributed by atoms with E-state index in [9.17, 15) is 4.79 Å². The van der Waals surface area contributed by atoms with Gasteiger partial charge >= 0.3 is 0 Å². The first-order valence-corrected chi connectivity index (χ1v) is 9.42. The third-order valence-corrected chi connectivity index (χ3v) is 5.97. The number of carbonyl (C=O) groups is 1. The van der Waals surface area contributed by atoms with Crippen molar-refractivity contribution in [3.8, 4) is 0 Å². The van der Waals surface area contributed by atoms with Crippen LogP contribution in [0.2, 0.25) is 0 Å². The van der Waals surface area contributed by atoms with E-state index in [1.165, 1.54) is 11.3 Å². The molecular formula is C23H26N2O. The van der Waals surface area contributed by atoms with Crippen molar-refractivity contribution < 1.29 is 4.79 Å². The summed E-state index contributed by atoms with van der Waals surface area (Å²) >= 11 is 0. The molecule has 0 bridgehead atoms. The minimum absolute atomic E-state index is 0.102. The van der Waals surface area contributed by atoms with Crippen LogP contribution in [0.1, 0.15) is 43.9 Å². The van der Waals surface area contributed by atoms with Crippen LogP contribution in [0.4, 0.5) is 11.4 Å². The molecule has 2 aliphatic heterocycles. The Bertz CT molecular complexity index is 910. The van der Waals surface area contributed by atoms with Gasteiger partial charge in [0.15, 0.2) is 0 Å². The van der Waals surface area contributed by atoms with E-state index in [0.717, 1.165) is 35.2 Å². The summed E-state index contributed by atoms with van der Waals surface area (Å²) in [5, 5.41) is 0. The molecule has 26 heavy (non-hydrogen) atoms. The number of carbonyl (C=O) groups excluding carboxylic acids is 1. The Morgan fingerprint density at radius 2 is 1.88 bits per heavy atom. The Kier molecular flexibility index (Phi) is 3.91. The number of hydrogen-bond acceptors (Lipinski definition) is 2. The number of anilines is 2. The van der Waals surface area contributed by atoms with Gasteiger partial charge in [-0.3, -0.25) is 4.79 Å². The topological polar surface area (TPSA) is 23.6 Å². The summed E-state index contributed by atoms with van der Waals surface area (Å²) in [7, 11) is 2.17. The predicted octanol–water partition coefficient (Wildman–Crippen LogP) is 4.75. The number of amides is 1. The molecule has 0 atom stereocenters. The second kappa shape index (κ2) is 6.01. The van der Waals surface area contributed by atoms with Crippen molar-refractivity contribution in [1.29, 1.82) is 0 Å². The molecule has 134 valence electrons. The molecule has 0 unspecified atom stereocenters. The van der Waals surface area contributed by atoms with Crippen molar-refractivity contribution in [3.63, 3.8) is 0 Å². The van der Waals surface area contributed by atoms with Gasteiger partial charge in [0.25, 0.3) is 5.91 Å². The normalized spacial score (nSPS) is 19.7. The second-order valence-electron chi connectivity index (χ2n) is 7.88. The van der Waals surface area contributed by atoms with E-state index >= 15 is 0 Å². The fourth-order valence-corrected chi connectivity index (χ4v) is 4.08. The van der Waals surface area contributed by atoms with E-state index in [4.69, 9.17) is 0 Å². The van der Waals surface area contributed by atoms with Crippen LogP contribution in [0, 0.1) is 0 Å². The van der Waals surface area contributed by atoms with Crippen LogP contribution < -0.4 is 9.80 Å². The Hall–Kier alpha value is -2.55. The Morgan fingerprint density at radius 3 is 2.65 bits per heavy atom. The fourth-order valence-electron chi connectivity index (χ4n) is 4.08. The zero-order chi connectivity index (χ0) is 18.5. The zero-order valence-corrected chi connectivity index (χ0v) is 16.0. The van der Waals surface area contributed by atoms with Crippen molar-refractivity contribution in [2.24, 2.45) is 0 Å². The molecule has 0 spiro atoms. The van der Waals surface area contributed by atoms with E-state index in [2.05, 4.69) is 50.1 Å². The molecular weight excluding hydrogens is 320 g/mol. The average Bonchev–Trinajstić information content (AvgIpc) is 2.90. The first-order valence-electron chi connectivity index (χ1n) is 9.42. The number of para-hydroxylation sites is 1. The Labute approximate surface area is 155 Å². The smallest absolute Gasteiger partial charge is 0.258 e. The van der Waals surface area contributed by atoms with E-state index < -0.39 is 0 Å². The van der Waals surface area contributed by atoms with E-state index in [1.807, 2.05) is 36.1 Å². The monoisotopic (exact) mass is 346 g/mol. The van der Waals surface area contributed by atoms with Gasteiger partial charge in [-0.2, -0.15) is 0 Å². The number of aryl methyl sites for hydroxylation is 1. The summed E-state index contributed by atoms with van der Waals surface area (Å²) in [6.07, 6.45) is 4.27. The lowest BCUT2D eigenvalue weighted by Gasteiger charge is -2.42. The van der Waals surface area contributed by atoms with E-state index in [-0.39, 0.29) is 11.4 Å². The molecule has 3 nitrogen and oxygen atoms in total. The highest BCUT2D eigenvalue weighted by molar-refractivity contribution is 6.35. The summed E-state index contributed by atoms with van der Waals surface area (Å²) in [6.45, 7) is 7.30. The van der Waals surface area contributed by atoms with E-state index in [1.54, 1.807) is 0 Å². The van der Waals surface area contributed by atoms with Crippen molar-refractivity contribution in [2.45, 2.75) is 39.2 Å². The molecule has 0 radical (unpaired) electrons. The highest BCUT2D eigenvalue weighted by Crippen LogP contribution is 2.39. The van der Waals surface area contributed by atoms with Crippen LogP contribution in [0.5, 0.6) is 0 Å². The highest BCUT2D eigenvalue weighted by atomic mass is 16.2. The molecule has 2 heterocycles. The van der Waals surface area contributed by atoms with Crippen LogP contribution in [0.25, 0.3) is 11.6 Å². The quantitative estimate of drug-likeness (QED) is 0.732. The van der Waals surface area contributed by atoms with Crippen LogP contribution in [0.3, 0.4) is 0 Å². The van der Waals surface area contributed by atoms with Gasteiger partial charge in [-0.1, -0.05) is 24.3 Å². The molecule has 2 aliphatic rings. The second-order valence-corrected chi connectivity index (χ2v) is 7.88. The number of rotatable bonds is 2. The summed E-state index contributed by atoms with van der Waals surface area (Å²) < 4.78 is 0. The zero-order valence-electron chi connectivity index (χ0n) is 16.0. The number of likely N-dealkylation sites (N-methyl/N-ethyl adjacent to an activating group) is 1. The predicted molar refractivity (Wildman–Crippen MR) is 110 cm³/mol. The third-order valence-electron chi connectivity index (χ3n) is 5.97. The number of benzene rings is 2. The van der Waals surface area contributed by atoms with Gasteiger partial charge in [0, 0.05) is 36.0 Å². The van der Waals surface area contributed by atoms with Gasteiger partial charge in [0.05, 0.1) is 5.69 Å². The SMILES string of the molecule is CCN1C(=O)C(=Cc2ccc3c(c2)CCC(C)(C)N3C)c2ccccc21. The van der Waals surface area contributed by atoms with Gasteiger partial charge < -0.3 is 9.80 Å². The van der Waals surface area contributed by atoms with Gasteiger partial charge in [0.1, 0.15) is 0 Å². The van der Waals surface area contributed by atoms with Crippen LogP contribution in [-0.2, 0) is 11.2 Å². The van der Waals surface area contributed by atoms with Gasteiger partial charge in [-0.15, -0.1) is 0 Å². The Morgan fingerprint density at radius 1 is 1.12 bits per heavy atom. The van der Waals surface area contributed by atoms with Gasteiger partial charge in [-0.05, 0) is 69.0 Å². The van der Waals surface area contributed by atoms with Crippen LogP contribution >= 0.6 is 0 Å². The average molecular weight is 346 g/mol. The van der Waals surface area contributed by atoms with Crippen molar-refractivity contribution >= 4 is 28.9 Å². The molecule has 0 saturated carbocycles. The number of nitrogens with zero attached hydrogens (tertiary/aromatic N) is 2. The van der Waals surface area contributed by atoms with Crippen molar-refractivity contribution in [2.75, 3.05) is 23.4 Å². The molecule has 0 N–H and O–H groups in total. The summed E-state index contributed by atoms with van der Waals surface area (Å²) in [5.41, 5.74) is 6.82. The molecule has 0 aromatic heterocycles. The summed E-state index contributed by atoms with van der Waals surface area (Å²) in [5.74, 6) is 0.102. The minimum Gasteiger partial charge on any atom is -0.369 e. The highest BCUT2D eigenvalue weighted by Gasteiger charge is 2.32. The third kappa shape index (κ3) is 2.54. The van der Waals surface area contributed by atoms with E-state index in [0.29, 0.717) is 6.54 Å². The lowest BCUT2D eigenvalue weighted by Crippen LogP contribution is -2.44. The lowest BCUT2D eigenvalue weighted by atomic mass is 9.86.